The van der Waals surface area contributed by atoms with E-state index in [1.807, 2.05) is 12.1 Å². The fourth-order valence-corrected chi connectivity index (χ4v) is 5.11. The van der Waals surface area contributed by atoms with Crippen molar-refractivity contribution in [1.82, 2.24) is 4.90 Å². The number of piperidine rings is 1. The Hall–Kier alpha value is -2.50. The summed E-state index contributed by atoms with van der Waals surface area (Å²) in [6.45, 7) is 3.47. The molecule has 0 aromatic heterocycles. The second-order valence-electron chi connectivity index (χ2n) is 8.56. The van der Waals surface area contributed by atoms with E-state index in [0.717, 1.165) is 62.7 Å². The molecule has 1 aliphatic carbocycles. The zero-order chi connectivity index (χ0) is 21.1. The Labute approximate surface area is 178 Å². The zero-order valence-electron chi connectivity index (χ0n) is 17.6. The number of anilines is 1. The molecule has 0 bridgehead atoms. The van der Waals surface area contributed by atoms with Crippen LogP contribution in [0, 0.1) is 6.92 Å². The van der Waals surface area contributed by atoms with Crippen molar-refractivity contribution in [2.45, 2.75) is 51.0 Å². The predicted octanol–water partition coefficient (Wildman–Crippen LogP) is 3.52. The van der Waals surface area contributed by atoms with Crippen LogP contribution >= 0.6 is 0 Å². The molecule has 1 saturated heterocycles. The van der Waals surface area contributed by atoms with Crippen LogP contribution in [0.4, 0.5) is 5.69 Å². The van der Waals surface area contributed by atoms with Crippen LogP contribution in [0.3, 0.4) is 0 Å². The highest BCUT2D eigenvalue weighted by Crippen LogP contribution is 2.40. The van der Waals surface area contributed by atoms with E-state index in [-0.39, 0.29) is 5.78 Å². The highest BCUT2D eigenvalue weighted by Gasteiger charge is 2.47. The first-order chi connectivity index (χ1) is 14.5. The normalized spacial score (nSPS) is 21.5. The van der Waals surface area contributed by atoms with Crippen molar-refractivity contribution >= 4 is 17.4 Å². The smallest absolute Gasteiger partial charge is 0.250 e. The first kappa shape index (κ1) is 20.8. The number of hydrogen-bond acceptors (Lipinski definition) is 4. The van der Waals surface area contributed by atoms with Gasteiger partial charge in [0.2, 0.25) is 5.91 Å². The van der Waals surface area contributed by atoms with Crippen LogP contribution in [0.25, 0.3) is 0 Å². The Bertz CT molecular complexity index is 955. The molecule has 2 aliphatic rings. The standard InChI is InChI=1S/C25H30N2O3/c1-18-6-2-3-7-19(18)11-15-27-14-5-4-12-25(27)13-10-20-16-21(26-23(29)17-28)8-9-22(20)24(25)30/h2-3,6-9,16,28H,4-5,10-15,17H2,1H3,(H,26,29). The van der Waals surface area contributed by atoms with Gasteiger partial charge in [0.1, 0.15) is 6.61 Å². The minimum absolute atomic E-state index is 0.230. The number of aliphatic hydroxyl groups excluding tert-OH is 1. The van der Waals surface area contributed by atoms with Crippen molar-refractivity contribution in [3.63, 3.8) is 0 Å². The van der Waals surface area contributed by atoms with Crippen molar-refractivity contribution < 1.29 is 14.7 Å². The van der Waals surface area contributed by atoms with Crippen molar-refractivity contribution in [2.24, 2.45) is 0 Å². The van der Waals surface area contributed by atoms with Gasteiger partial charge in [0.15, 0.2) is 5.78 Å². The lowest BCUT2D eigenvalue weighted by atomic mass is 9.71. The number of hydrogen-bond donors (Lipinski definition) is 2. The van der Waals surface area contributed by atoms with Crippen LogP contribution < -0.4 is 5.32 Å². The molecule has 5 heteroatoms. The topological polar surface area (TPSA) is 69.6 Å². The summed E-state index contributed by atoms with van der Waals surface area (Å²) in [6.07, 6.45) is 5.76. The van der Waals surface area contributed by atoms with Crippen LogP contribution in [0.5, 0.6) is 0 Å². The number of carbonyl (C=O) groups is 2. The van der Waals surface area contributed by atoms with Gasteiger partial charge in [-0.2, -0.15) is 0 Å². The van der Waals surface area contributed by atoms with Crippen LogP contribution in [0.2, 0.25) is 0 Å². The molecule has 1 fully saturated rings. The Kier molecular flexibility index (Phi) is 6.02. The van der Waals surface area contributed by atoms with E-state index in [0.29, 0.717) is 5.69 Å². The van der Waals surface area contributed by atoms with E-state index in [1.165, 1.54) is 11.1 Å². The van der Waals surface area contributed by atoms with Crippen LogP contribution in [0.1, 0.15) is 52.7 Å². The molecule has 4 rings (SSSR count). The van der Waals surface area contributed by atoms with Crippen LogP contribution in [-0.4, -0.2) is 46.9 Å². The van der Waals surface area contributed by atoms with Crippen LogP contribution in [-0.2, 0) is 17.6 Å². The summed E-state index contributed by atoms with van der Waals surface area (Å²) in [7, 11) is 0. The van der Waals surface area contributed by atoms with Gasteiger partial charge in [0, 0.05) is 17.8 Å². The van der Waals surface area contributed by atoms with Crippen molar-refractivity contribution in [1.29, 1.82) is 0 Å². The summed E-state index contributed by atoms with van der Waals surface area (Å²) in [5.74, 6) is -0.212. The van der Waals surface area contributed by atoms with Gasteiger partial charge < -0.3 is 10.4 Å². The molecule has 1 atom stereocenters. The number of Topliss-reactive ketones (excluding diaryl/α,β-unsaturated/α-hetero) is 1. The second-order valence-corrected chi connectivity index (χ2v) is 8.56. The van der Waals surface area contributed by atoms with Crippen molar-refractivity contribution in [2.75, 3.05) is 25.0 Å². The van der Waals surface area contributed by atoms with Gasteiger partial charge in [-0.1, -0.05) is 24.3 Å². The monoisotopic (exact) mass is 406 g/mol. The van der Waals surface area contributed by atoms with E-state index in [2.05, 4.69) is 41.4 Å². The molecule has 0 saturated carbocycles. The zero-order valence-corrected chi connectivity index (χ0v) is 17.6. The molecule has 1 spiro atoms. The first-order valence-corrected chi connectivity index (χ1v) is 10.9. The average Bonchev–Trinajstić information content (AvgIpc) is 2.76. The Morgan fingerprint density at radius 1 is 1.17 bits per heavy atom. The fourth-order valence-electron chi connectivity index (χ4n) is 5.11. The number of nitrogens with zero attached hydrogens (tertiary/aromatic N) is 1. The summed E-state index contributed by atoms with van der Waals surface area (Å²) >= 11 is 0. The summed E-state index contributed by atoms with van der Waals surface area (Å²) in [5, 5.41) is 11.6. The van der Waals surface area contributed by atoms with E-state index in [9.17, 15) is 9.59 Å². The second kappa shape index (κ2) is 8.70. The van der Waals surface area contributed by atoms with Crippen LogP contribution in [0.15, 0.2) is 42.5 Å². The van der Waals surface area contributed by atoms with Gasteiger partial charge in [-0.25, -0.2) is 0 Å². The van der Waals surface area contributed by atoms with E-state index >= 15 is 0 Å². The van der Waals surface area contributed by atoms with Gasteiger partial charge >= 0.3 is 0 Å². The Morgan fingerprint density at radius 2 is 2.00 bits per heavy atom. The number of ketones is 1. The lowest BCUT2D eigenvalue weighted by Gasteiger charge is -2.48. The number of carbonyl (C=O) groups excluding carboxylic acids is 2. The first-order valence-electron chi connectivity index (χ1n) is 10.9. The molecular formula is C25H30N2O3. The molecular weight excluding hydrogens is 376 g/mol. The molecule has 2 aromatic rings. The summed E-state index contributed by atoms with van der Waals surface area (Å²) < 4.78 is 0. The largest absolute Gasteiger partial charge is 0.387 e. The van der Waals surface area contributed by atoms with Gasteiger partial charge in [-0.15, -0.1) is 0 Å². The third-order valence-corrected chi connectivity index (χ3v) is 6.79. The molecule has 1 heterocycles. The van der Waals surface area contributed by atoms with E-state index in [1.54, 1.807) is 6.07 Å². The van der Waals surface area contributed by atoms with Gasteiger partial charge in [-0.05, 0) is 86.9 Å². The Morgan fingerprint density at radius 3 is 2.80 bits per heavy atom. The van der Waals surface area contributed by atoms with E-state index < -0.39 is 18.1 Å². The maximum atomic E-state index is 13.7. The maximum Gasteiger partial charge on any atom is 0.250 e. The molecule has 0 radical (unpaired) electrons. The molecule has 5 nitrogen and oxygen atoms in total. The minimum Gasteiger partial charge on any atom is -0.387 e. The van der Waals surface area contributed by atoms with Crippen molar-refractivity contribution in [3.8, 4) is 0 Å². The number of nitrogens with one attached hydrogen (secondary N) is 1. The van der Waals surface area contributed by atoms with Gasteiger partial charge in [0.25, 0.3) is 0 Å². The number of likely N-dealkylation sites (tertiary alicyclic amines) is 1. The molecule has 1 unspecified atom stereocenters. The maximum absolute atomic E-state index is 13.7. The molecule has 1 amide bonds. The number of rotatable bonds is 5. The third kappa shape index (κ3) is 3.92. The third-order valence-electron chi connectivity index (χ3n) is 6.79. The lowest BCUT2D eigenvalue weighted by Crippen LogP contribution is -2.59. The summed E-state index contributed by atoms with van der Waals surface area (Å²) in [6, 6.07) is 14.0. The highest BCUT2D eigenvalue weighted by atomic mass is 16.3. The molecule has 2 aromatic carbocycles. The Balaban J connectivity index is 1.56. The van der Waals surface area contributed by atoms with E-state index in [4.69, 9.17) is 5.11 Å². The number of fused-ring (bicyclic) bond motifs is 1. The number of benzene rings is 2. The lowest BCUT2D eigenvalue weighted by molar-refractivity contribution is -0.118. The predicted molar refractivity (Wildman–Crippen MR) is 118 cm³/mol. The number of amides is 1. The highest BCUT2D eigenvalue weighted by molar-refractivity contribution is 6.06. The molecule has 30 heavy (non-hydrogen) atoms. The summed E-state index contributed by atoms with van der Waals surface area (Å²) in [4.78, 5) is 27.6. The summed E-state index contributed by atoms with van der Waals surface area (Å²) in [5.41, 5.74) is 4.67. The number of aryl methyl sites for hydroxylation is 2. The molecule has 158 valence electrons. The average molecular weight is 407 g/mol. The molecule has 2 N–H and O–H groups in total. The van der Waals surface area contributed by atoms with Crippen molar-refractivity contribution in [3.05, 3.63) is 64.7 Å². The minimum atomic E-state index is -0.547. The quantitative estimate of drug-likeness (QED) is 0.797. The number of aliphatic hydroxyl groups is 1. The fraction of sp³-hybridized carbons (Fsp3) is 0.440. The SMILES string of the molecule is Cc1ccccc1CCN1CCCCC12CCc1cc(NC(=O)CO)ccc1C2=O. The van der Waals surface area contributed by atoms with Gasteiger partial charge in [-0.3, -0.25) is 14.5 Å². The molecule has 1 aliphatic heterocycles. The van der Waals surface area contributed by atoms with Gasteiger partial charge in [0.05, 0.1) is 5.54 Å².